The molecule has 0 aromatic rings. The SMILES string of the molecule is CC(=O)N1CCC(NCCSCCCO)CC1. The summed E-state index contributed by atoms with van der Waals surface area (Å²) < 4.78 is 0. The Labute approximate surface area is 108 Å². The molecule has 100 valence electrons. The Hall–Kier alpha value is -0.260. The van der Waals surface area contributed by atoms with Crippen LogP contribution in [0.15, 0.2) is 0 Å². The molecule has 0 radical (unpaired) electrons. The van der Waals surface area contributed by atoms with E-state index in [4.69, 9.17) is 5.11 Å². The van der Waals surface area contributed by atoms with Crippen LogP contribution in [0, 0.1) is 0 Å². The van der Waals surface area contributed by atoms with Gasteiger partial charge in [0.15, 0.2) is 0 Å². The summed E-state index contributed by atoms with van der Waals surface area (Å²) in [5.74, 6) is 2.34. The minimum Gasteiger partial charge on any atom is -0.396 e. The van der Waals surface area contributed by atoms with Gasteiger partial charge in [-0.3, -0.25) is 4.79 Å². The van der Waals surface area contributed by atoms with Crippen molar-refractivity contribution in [2.24, 2.45) is 0 Å². The number of carbonyl (C=O) groups is 1. The van der Waals surface area contributed by atoms with Gasteiger partial charge in [0.05, 0.1) is 0 Å². The van der Waals surface area contributed by atoms with Crippen molar-refractivity contribution in [3.8, 4) is 0 Å². The highest BCUT2D eigenvalue weighted by atomic mass is 32.2. The van der Waals surface area contributed by atoms with Crippen LogP contribution < -0.4 is 5.32 Å². The summed E-state index contributed by atoms with van der Waals surface area (Å²) >= 11 is 1.88. The first-order valence-electron chi connectivity index (χ1n) is 6.41. The van der Waals surface area contributed by atoms with Crippen LogP contribution in [0.3, 0.4) is 0 Å². The van der Waals surface area contributed by atoms with Crippen LogP contribution >= 0.6 is 11.8 Å². The summed E-state index contributed by atoms with van der Waals surface area (Å²) in [5, 5.41) is 12.2. The Morgan fingerprint density at radius 1 is 1.41 bits per heavy atom. The van der Waals surface area contributed by atoms with E-state index in [1.54, 1.807) is 6.92 Å². The highest BCUT2D eigenvalue weighted by Crippen LogP contribution is 2.10. The molecule has 0 spiro atoms. The zero-order valence-electron chi connectivity index (χ0n) is 10.7. The standard InChI is InChI=1S/C12H24N2O2S/c1-11(16)14-6-3-12(4-7-14)13-5-10-17-9-2-8-15/h12-13,15H,2-10H2,1H3. The quantitative estimate of drug-likeness (QED) is 0.662. The average Bonchev–Trinajstić information content (AvgIpc) is 2.34. The maximum absolute atomic E-state index is 11.1. The Kier molecular flexibility index (Phi) is 7.64. The molecule has 1 heterocycles. The smallest absolute Gasteiger partial charge is 0.219 e. The zero-order chi connectivity index (χ0) is 12.5. The maximum atomic E-state index is 11.1. The highest BCUT2D eigenvalue weighted by Gasteiger charge is 2.19. The van der Waals surface area contributed by atoms with Crippen molar-refractivity contribution in [1.82, 2.24) is 10.2 Å². The number of likely N-dealkylation sites (tertiary alicyclic amines) is 1. The third-order valence-electron chi connectivity index (χ3n) is 3.07. The predicted molar refractivity (Wildman–Crippen MR) is 72.3 cm³/mol. The first-order chi connectivity index (χ1) is 8.24. The summed E-state index contributed by atoms with van der Waals surface area (Å²) in [7, 11) is 0. The number of hydrogen-bond donors (Lipinski definition) is 2. The fourth-order valence-corrected chi connectivity index (χ4v) is 2.80. The normalized spacial score (nSPS) is 17.4. The third kappa shape index (κ3) is 6.29. The Morgan fingerprint density at radius 2 is 2.12 bits per heavy atom. The third-order valence-corrected chi connectivity index (χ3v) is 4.14. The topological polar surface area (TPSA) is 52.6 Å². The second-order valence-electron chi connectivity index (χ2n) is 4.42. The van der Waals surface area contributed by atoms with E-state index in [9.17, 15) is 4.79 Å². The molecule has 5 heteroatoms. The summed E-state index contributed by atoms with van der Waals surface area (Å²) in [6, 6.07) is 0.573. The van der Waals surface area contributed by atoms with E-state index in [0.29, 0.717) is 12.6 Å². The van der Waals surface area contributed by atoms with Crippen molar-refractivity contribution in [1.29, 1.82) is 0 Å². The minimum atomic E-state index is 0.197. The van der Waals surface area contributed by atoms with Gasteiger partial charge in [0.1, 0.15) is 0 Å². The summed E-state index contributed by atoms with van der Waals surface area (Å²) in [5.41, 5.74) is 0. The van der Waals surface area contributed by atoms with Crippen molar-refractivity contribution >= 4 is 17.7 Å². The van der Waals surface area contributed by atoms with E-state index in [0.717, 1.165) is 50.4 Å². The van der Waals surface area contributed by atoms with Gasteiger partial charge in [0, 0.05) is 45.0 Å². The Bertz CT molecular complexity index is 219. The summed E-state index contributed by atoms with van der Waals surface area (Å²) in [4.78, 5) is 13.1. The molecule has 1 aliphatic rings. The first-order valence-corrected chi connectivity index (χ1v) is 7.57. The van der Waals surface area contributed by atoms with Crippen LogP contribution in [0.2, 0.25) is 0 Å². The van der Waals surface area contributed by atoms with Crippen molar-refractivity contribution in [2.75, 3.05) is 37.7 Å². The average molecular weight is 260 g/mol. The lowest BCUT2D eigenvalue weighted by atomic mass is 10.1. The van der Waals surface area contributed by atoms with Crippen LogP contribution in [0.1, 0.15) is 26.2 Å². The Morgan fingerprint density at radius 3 is 2.71 bits per heavy atom. The van der Waals surface area contributed by atoms with Gasteiger partial charge < -0.3 is 15.3 Å². The van der Waals surface area contributed by atoms with Crippen molar-refractivity contribution in [3.05, 3.63) is 0 Å². The fourth-order valence-electron chi connectivity index (χ4n) is 2.00. The van der Waals surface area contributed by atoms with Crippen molar-refractivity contribution < 1.29 is 9.90 Å². The first kappa shape index (κ1) is 14.8. The summed E-state index contributed by atoms with van der Waals surface area (Å²) in [6.07, 6.45) is 3.03. The van der Waals surface area contributed by atoms with E-state index in [2.05, 4.69) is 5.32 Å². The van der Waals surface area contributed by atoms with Crippen LogP contribution in [0.25, 0.3) is 0 Å². The number of rotatable bonds is 7. The van der Waals surface area contributed by atoms with Gasteiger partial charge in [-0.2, -0.15) is 11.8 Å². The lowest BCUT2D eigenvalue weighted by Gasteiger charge is -2.31. The van der Waals surface area contributed by atoms with Gasteiger partial charge in [0.2, 0.25) is 5.91 Å². The molecule has 0 unspecified atom stereocenters. The molecule has 2 N–H and O–H groups in total. The fraction of sp³-hybridized carbons (Fsp3) is 0.917. The van der Waals surface area contributed by atoms with Crippen LogP contribution in [-0.4, -0.2) is 59.7 Å². The number of aliphatic hydroxyl groups excluding tert-OH is 1. The number of amides is 1. The molecule has 1 amide bonds. The van der Waals surface area contributed by atoms with E-state index >= 15 is 0 Å². The molecule has 0 atom stereocenters. The molecule has 1 saturated heterocycles. The van der Waals surface area contributed by atoms with E-state index in [1.807, 2.05) is 16.7 Å². The second kappa shape index (κ2) is 8.78. The molecule has 0 aromatic carbocycles. The molecular formula is C12H24N2O2S. The van der Waals surface area contributed by atoms with Crippen LogP contribution in [0.5, 0.6) is 0 Å². The largest absolute Gasteiger partial charge is 0.396 e. The lowest BCUT2D eigenvalue weighted by Crippen LogP contribution is -2.44. The van der Waals surface area contributed by atoms with Gasteiger partial charge in [-0.05, 0) is 25.0 Å². The number of nitrogens with one attached hydrogen (secondary N) is 1. The molecule has 0 aromatic heterocycles. The van der Waals surface area contributed by atoms with Gasteiger partial charge in [-0.1, -0.05) is 0 Å². The molecule has 1 fully saturated rings. The zero-order valence-corrected chi connectivity index (χ0v) is 11.5. The number of carbonyl (C=O) groups excluding carboxylic acids is 1. The molecule has 0 saturated carbocycles. The van der Waals surface area contributed by atoms with Gasteiger partial charge in [-0.25, -0.2) is 0 Å². The summed E-state index contributed by atoms with van der Waals surface area (Å²) in [6.45, 7) is 4.76. The number of aliphatic hydroxyl groups is 1. The highest BCUT2D eigenvalue weighted by molar-refractivity contribution is 7.99. The predicted octanol–water partition coefficient (Wildman–Crippen LogP) is 0.702. The number of nitrogens with zero attached hydrogens (tertiary/aromatic N) is 1. The van der Waals surface area contributed by atoms with Crippen molar-refractivity contribution in [2.45, 2.75) is 32.2 Å². The monoisotopic (exact) mass is 260 g/mol. The van der Waals surface area contributed by atoms with Crippen LogP contribution in [0.4, 0.5) is 0 Å². The number of piperidine rings is 1. The van der Waals surface area contributed by atoms with E-state index in [1.165, 1.54) is 0 Å². The molecule has 1 rings (SSSR count). The molecule has 17 heavy (non-hydrogen) atoms. The maximum Gasteiger partial charge on any atom is 0.219 e. The minimum absolute atomic E-state index is 0.197. The number of thioether (sulfide) groups is 1. The molecule has 1 aliphatic heterocycles. The van der Waals surface area contributed by atoms with Crippen LogP contribution in [-0.2, 0) is 4.79 Å². The van der Waals surface area contributed by atoms with E-state index in [-0.39, 0.29) is 5.91 Å². The van der Waals surface area contributed by atoms with E-state index < -0.39 is 0 Å². The number of hydrogen-bond acceptors (Lipinski definition) is 4. The van der Waals surface area contributed by atoms with Gasteiger partial charge in [-0.15, -0.1) is 0 Å². The second-order valence-corrected chi connectivity index (χ2v) is 5.65. The molecule has 0 aliphatic carbocycles. The van der Waals surface area contributed by atoms with Gasteiger partial charge in [0.25, 0.3) is 0 Å². The molecule has 0 bridgehead atoms. The van der Waals surface area contributed by atoms with Gasteiger partial charge >= 0.3 is 0 Å². The van der Waals surface area contributed by atoms with Crippen molar-refractivity contribution in [3.63, 3.8) is 0 Å². The molecular weight excluding hydrogens is 236 g/mol. The Balaban J connectivity index is 1.97. The molecule has 4 nitrogen and oxygen atoms in total. The lowest BCUT2D eigenvalue weighted by molar-refractivity contribution is -0.129.